The van der Waals surface area contributed by atoms with Crippen molar-refractivity contribution in [3.05, 3.63) is 83.4 Å². The summed E-state index contributed by atoms with van der Waals surface area (Å²) in [7, 11) is -0.458. The number of nitrogens with zero attached hydrogens (tertiary/aromatic N) is 1. The smallest absolute Gasteiger partial charge is 0.329 e. The monoisotopic (exact) mass is 511 g/mol. The minimum atomic E-state index is -3.49. The van der Waals surface area contributed by atoms with Crippen LogP contribution in [0.15, 0.2) is 71.6 Å². The second-order valence-corrected chi connectivity index (χ2v) is 11.1. The Morgan fingerprint density at radius 3 is 2.36 bits per heavy atom. The Bertz CT molecular complexity index is 1350. The molecule has 3 aromatic rings. The SMILES string of the molecule is Cc1cc(S(=O)(=O)N(C)C)ccc1-c1cccc(COc2ccc(C3(OCC(=O)O)COC3)cc2)c1. The molecule has 0 aromatic heterocycles. The van der Waals surface area contributed by atoms with Crippen LogP contribution in [0.5, 0.6) is 5.75 Å². The van der Waals surface area contributed by atoms with Gasteiger partial charge in [-0.3, -0.25) is 0 Å². The van der Waals surface area contributed by atoms with Crippen molar-refractivity contribution < 1.29 is 32.5 Å². The summed E-state index contributed by atoms with van der Waals surface area (Å²) < 4.78 is 42.9. The van der Waals surface area contributed by atoms with E-state index in [0.717, 1.165) is 27.8 Å². The van der Waals surface area contributed by atoms with E-state index in [-0.39, 0.29) is 11.5 Å². The number of carboxylic acid groups (broad SMARTS) is 1. The highest BCUT2D eigenvalue weighted by atomic mass is 32.2. The quantitative estimate of drug-likeness (QED) is 0.442. The van der Waals surface area contributed by atoms with Gasteiger partial charge in [0.2, 0.25) is 10.0 Å². The Morgan fingerprint density at radius 2 is 1.78 bits per heavy atom. The number of rotatable bonds is 10. The Kier molecular flexibility index (Phi) is 7.46. The van der Waals surface area contributed by atoms with Crippen LogP contribution < -0.4 is 4.74 Å². The number of aliphatic carboxylic acids is 1. The van der Waals surface area contributed by atoms with Gasteiger partial charge in [0.15, 0.2) is 0 Å². The summed E-state index contributed by atoms with van der Waals surface area (Å²) in [6.07, 6.45) is 0. The topological polar surface area (TPSA) is 102 Å². The molecular formula is C27H29NO7S. The summed E-state index contributed by atoms with van der Waals surface area (Å²) in [6, 6.07) is 20.5. The van der Waals surface area contributed by atoms with Gasteiger partial charge in [0, 0.05) is 14.1 Å². The molecule has 9 heteroatoms. The molecule has 1 heterocycles. The van der Waals surface area contributed by atoms with Gasteiger partial charge in [-0.05, 0) is 65.1 Å². The number of aryl methyl sites for hydroxylation is 1. The number of carbonyl (C=O) groups is 1. The van der Waals surface area contributed by atoms with Gasteiger partial charge < -0.3 is 19.3 Å². The van der Waals surface area contributed by atoms with E-state index in [1.54, 1.807) is 12.1 Å². The second kappa shape index (κ2) is 10.4. The fourth-order valence-corrected chi connectivity index (χ4v) is 4.99. The molecule has 0 aliphatic carbocycles. The first-order valence-electron chi connectivity index (χ1n) is 11.4. The van der Waals surface area contributed by atoms with Crippen LogP contribution in [0.2, 0.25) is 0 Å². The van der Waals surface area contributed by atoms with Gasteiger partial charge in [0.1, 0.15) is 24.6 Å². The van der Waals surface area contributed by atoms with Crippen LogP contribution in [0.4, 0.5) is 0 Å². The number of hydrogen-bond donors (Lipinski definition) is 1. The zero-order valence-electron chi connectivity index (χ0n) is 20.4. The van der Waals surface area contributed by atoms with Crippen molar-refractivity contribution in [3.63, 3.8) is 0 Å². The lowest BCUT2D eigenvalue weighted by molar-refractivity contribution is -0.220. The van der Waals surface area contributed by atoms with Crippen molar-refractivity contribution in [3.8, 4) is 16.9 Å². The predicted molar refractivity (Wildman–Crippen MR) is 134 cm³/mol. The summed E-state index contributed by atoms with van der Waals surface area (Å²) in [4.78, 5) is 11.2. The molecule has 0 unspecified atom stereocenters. The highest BCUT2D eigenvalue weighted by Gasteiger charge is 2.42. The van der Waals surface area contributed by atoms with Crippen molar-refractivity contribution in [1.29, 1.82) is 0 Å². The number of ether oxygens (including phenoxy) is 3. The van der Waals surface area contributed by atoms with E-state index in [9.17, 15) is 13.2 Å². The van der Waals surface area contributed by atoms with Crippen molar-refractivity contribution >= 4 is 16.0 Å². The molecule has 0 spiro atoms. The minimum absolute atomic E-state index is 0.264. The van der Waals surface area contributed by atoms with Crippen LogP contribution in [0.25, 0.3) is 11.1 Å². The lowest BCUT2D eigenvalue weighted by Gasteiger charge is -2.41. The normalized spacial score (nSPS) is 14.9. The van der Waals surface area contributed by atoms with E-state index in [4.69, 9.17) is 19.3 Å². The summed E-state index contributed by atoms with van der Waals surface area (Å²) in [5.74, 6) is -0.347. The van der Waals surface area contributed by atoms with Crippen LogP contribution in [0.3, 0.4) is 0 Å². The first-order chi connectivity index (χ1) is 17.1. The molecule has 0 atom stereocenters. The lowest BCUT2D eigenvalue weighted by atomic mass is 9.91. The third-order valence-corrected chi connectivity index (χ3v) is 7.95. The number of carboxylic acids is 1. The van der Waals surface area contributed by atoms with Gasteiger partial charge in [-0.15, -0.1) is 0 Å². The molecule has 4 rings (SSSR count). The van der Waals surface area contributed by atoms with Gasteiger partial charge in [-0.2, -0.15) is 0 Å². The van der Waals surface area contributed by atoms with Gasteiger partial charge >= 0.3 is 5.97 Å². The fourth-order valence-electron chi connectivity index (χ4n) is 4.00. The molecule has 1 aliphatic rings. The summed E-state index contributed by atoms with van der Waals surface area (Å²) >= 11 is 0. The van der Waals surface area contributed by atoms with Gasteiger partial charge in [0.25, 0.3) is 0 Å². The molecule has 1 aliphatic heterocycles. The maximum Gasteiger partial charge on any atom is 0.329 e. The van der Waals surface area contributed by atoms with E-state index in [1.807, 2.05) is 61.5 Å². The summed E-state index contributed by atoms with van der Waals surface area (Å²) in [5, 5.41) is 8.93. The Labute approximate surface area is 211 Å². The van der Waals surface area contributed by atoms with Crippen LogP contribution in [-0.2, 0) is 36.5 Å². The third kappa shape index (κ3) is 5.44. The Hall–Kier alpha value is -3.24. The predicted octanol–water partition coefficient (Wildman–Crippen LogP) is 3.82. The second-order valence-electron chi connectivity index (χ2n) is 8.95. The molecule has 1 fully saturated rings. The van der Waals surface area contributed by atoms with Crippen LogP contribution in [0.1, 0.15) is 16.7 Å². The lowest BCUT2D eigenvalue weighted by Crippen LogP contribution is -2.49. The molecule has 1 N–H and O–H groups in total. The first kappa shape index (κ1) is 25.8. The number of benzene rings is 3. The van der Waals surface area contributed by atoms with Crippen molar-refractivity contribution in [1.82, 2.24) is 4.31 Å². The molecule has 3 aromatic carbocycles. The maximum absolute atomic E-state index is 12.4. The molecule has 1 saturated heterocycles. The van der Waals surface area contributed by atoms with Crippen LogP contribution in [-0.4, -0.2) is 57.7 Å². The fraction of sp³-hybridized carbons (Fsp3) is 0.296. The zero-order valence-corrected chi connectivity index (χ0v) is 21.2. The highest BCUT2D eigenvalue weighted by molar-refractivity contribution is 7.89. The number of sulfonamides is 1. The molecule has 0 amide bonds. The zero-order chi connectivity index (χ0) is 25.9. The summed E-state index contributed by atoms with van der Waals surface area (Å²) in [5.41, 5.74) is 3.87. The van der Waals surface area contributed by atoms with Crippen molar-refractivity contribution in [2.75, 3.05) is 33.9 Å². The molecule has 36 heavy (non-hydrogen) atoms. The molecule has 190 valence electrons. The van der Waals surface area contributed by atoms with Gasteiger partial charge in [0.05, 0.1) is 18.1 Å². The summed E-state index contributed by atoms with van der Waals surface area (Å²) in [6.45, 7) is 2.49. The van der Waals surface area contributed by atoms with E-state index in [1.165, 1.54) is 18.4 Å². The van der Waals surface area contributed by atoms with Crippen LogP contribution in [0, 0.1) is 6.92 Å². The van der Waals surface area contributed by atoms with E-state index in [0.29, 0.717) is 25.6 Å². The average Bonchev–Trinajstić information content (AvgIpc) is 2.82. The minimum Gasteiger partial charge on any atom is -0.489 e. The largest absolute Gasteiger partial charge is 0.489 e. The molecule has 0 saturated carbocycles. The maximum atomic E-state index is 12.4. The first-order valence-corrected chi connectivity index (χ1v) is 12.8. The van der Waals surface area contributed by atoms with Crippen molar-refractivity contribution in [2.45, 2.75) is 24.0 Å². The Morgan fingerprint density at radius 1 is 1.06 bits per heavy atom. The van der Waals surface area contributed by atoms with Gasteiger partial charge in [-0.1, -0.05) is 36.4 Å². The highest BCUT2D eigenvalue weighted by Crippen LogP contribution is 2.35. The van der Waals surface area contributed by atoms with Crippen LogP contribution >= 0.6 is 0 Å². The molecule has 8 nitrogen and oxygen atoms in total. The van der Waals surface area contributed by atoms with E-state index >= 15 is 0 Å². The van der Waals surface area contributed by atoms with E-state index < -0.39 is 21.6 Å². The average molecular weight is 512 g/mol. The standard InChI is InChI=1S/C27H29NO7S/c1-19-13-24(36(31,32)28(2)3)11-12-25(19)21-6-4-5-20(14-21)15-34-23-9-7-22(8-10-23)27(17-33-18-27)35-16-26(29)30/h4-14H,15-18H2,1-3H3,(H,29,30). The third-order valence-electron chi connectivity index (χ3n) is 6.14. The van der Waals surface area contributed by atoms with Crippen molar-refractivity contribution in [2.24, 2.45) is 0 Å². The Balaban J connectivity index is 1.44. The van der Waals surface area contributed by atoms with Gasteiger partial charge in [-0.25, -0.2) is 17.5 Å². The van der Waals surface area contributed by atoms with E-state index in [2.05, 4.69) is 0 Å². The molecule has 0 bridgehead atoms. The molecule has 0 radical (unpaired) electrons. The molecular weight excluding hydrogens is 482 g/mol. The number of hydrogen-bond acceptors (Lipinski definition) is 6.